The molecule has 0 spiro atoms. The Morgan fingerprint density at radius 1 is 0.512 bits per heavy atom. The van der Waals surface area contributed by atoms with Gasteiger partial charge in [0.05, 0.1) is 45.6 Å². The van der Waals surface area contributed by atoms with Crippen molar-refractivity contribution in [3.8, 4) is 56.4 Å². The third-order valence-electron chi connectivity index (χ3n) is 7.08. The first-order chi connectivity index (χ1) is 21.2. The van der Waals surface area contributed by atoms with Gasteiger partial charge in [0.25, 0.3) is 0 Å². The van der Waals surface area contributed by atoms with Crippen LogP contribution < -0.4 is 5.32 Å². The van der Waals surface area contributed by atoms with Gasteiger partial charge in [0.2, 0.25) is 0 Å². The molecule has 0 aliphatic carbocycles. The van der Waals surface area contributed by atoms with Crippen molar-refractivity contribution in [1.82, 2.24) is 30.2 Å². The Morgan fingerprint density at radius 3 is 1.42 bits per heavy atom. The number of hydrogen-bond acceptors (Lipinski definition) is 6. The molecule has 1 aliphatic rings. The summed E-state index contributed by atoms with van der Waals surface area (Å²) >= 11 is 3.79. The number of halogens is 1. The Balaban J connectivity index is 1.39. The van der Waals surface area contributed by atoms with Crippen LogP contribution in [0.2, 0.25) is 0 Å². The van der Waals surface area contributed by atoms with E-state index in [1.807, 2.05) is 54.6 Å². The third kappa shape index (κ3) is 5.89. The molecule has 206 valence electrons. The van der Waals surface area contributed by atoms with Gasteiger partial charge in [-0.25, -0.2) is 9.97 Å². The van der Waals surface area contributed by atoms with Gasteiger partial charge in [0.1, 0.15) is 0 Å². The first-order valence-electron chi connectivity index (χ1n) is 13.9. The molecule has 0 saturated carbocycles. The molecule has 7 rings (SSSR count). The molecule has 6 heterocycles. The van der Waals surface area contributed by atoms with Gasteiger partial charge in [-0.15, -0.1) is 0 Å². The summed E-state index contributed by atoms with van der Waals surface area (Å²) in [4.78, 5) is 23.7. The molecule has 0 atom stereocenters. The molecule has 6 nitrogen and oxygen atoms in total. The van der Waals surface area contributed by atoms with Crippen LogP contribution in [0.15, 0.2) is 138 Å². The number of nitrogens with one attached hydrogen (secondary N) is 1. The SMILES string of the molecule is Brc1cc(-c2cc(C3=CC=CCN3)nc(-c3ccccn3)c2)cc(-c2cc(-c3ccccn3)nc(-c3ccccn3)c2)c1. The van der Waals surface area contributed by atoms with Crippen LogP contribution in [-0.4, -0.2) is 31.5 Å². The summed E-state index contributed by atoms with van der Waals surface area (Å²) in [6.07, 6.45) is 11.6. The second kappa shape index (κ2) is 11.9. The molecule has 6 aromatic rings. The minimum absolute atomic E-state index is 0.761. The summed E-state index contributed by atoms with van der Waals surface area (Å²) in [6, 6.07) is 32.4. The number of nitrogens with zero attached hydrogens (tertiary/aromatic N) is 5. The summed E-state index contributed by atoms with van der Waals surface area (Å²) < 4.78 is 0.964. The standard InChI is InChI=1S/C36H25BrN6/c37-28-18-24(26-20-33(29-9-1-5-13-38-29)42-34(21-26)30-10-2-6-14-39-30)17-25(19-28)27-22-35(31-11-3-7-15-40-31)43-36(23-27)32-12-4-8-16-41-32/h1-15,17-23,41H,16H2. The molecule has 0 fully saturated rings. The Hall–Kier alpha value is -5.27. The topological polar surface area (TPSA) is 76.5 Å². The number of benzene rings is 1. The number of aromatic nitrogens is 5. The molecule has 7 heteroatoms. The van der Waals surface area contributed by atoms with Crippen LogP contribution in [0.3, 0.4) is 0 Å². The minimum atomic E-state index is 0.761. The number of dihydropyridines is 1. The average molecular weight is 622 g/mol. The molecule has 1 aliphatic heterocycles. The number of allylic oxidation sites excluding steroid dienone is 2. The molecule has 0 radical (unpaired) electrons. The summed E-state index contributed by atoms with van der Waals surface area (Å²) in [6.45, 7) is 0.761. The molecule has 43 heavy (non-hydrogen) atoms. The zero-order chi connectivity index (χ0) is 29.0. The van der Waals surface area contributed by atoms with Gasteiger partial charge in [-0.05, 0) is 107 Å². The van der Waals surface area contributed by atoms with Crippen molar-refractivity contribution >= 4 is 21.6 Å². The number of pyridine rings is 5. The normalized spacial score (nSPS) is 12.4. The highest BCUT2D eigenvalue weighted by Gasteiger charge is 2.15. The third-order valence-corrected chi connectivity index (χ3v) is 7.54. The first kappa shape index (κ1) is 26.6. The van der Waals surface area contributed by atoms with E-state index >= 15 is 0 Å². The van der Waals surface area contributed by atoms with Crippen molar-refractivity contribution in [3.05, 3.63) is 144 Å². The molecule has 0 unspecified atom stereocenters. The lowest BCUT2D eigenvalue weighted by molar-refractivity contribution is 0.981. The van der Waals surface area contributed by atoms with Crippen molar-refractivity contribution in [3.63, 3.8) is 0 Å². The average Bonchev–Trinajstić information content (AvgIpc) is 3.09. The molecule has 5 aromatic heterocycles. The van der Waals surface area contributed by atoms with Gasteiger partial charge in [-0.3, -0.25) is 15.0 Å². The Bertz CT molecular complexity index is 1920. The predicted molar refractivity (Wildman–Crippen MR) is 175 cm³/mol. The van der Waals surface area contributed by atoms with Crippen LogP contribution in [0.5, 0.6) is 0 Å². The van der Waals surface area contributed by atoms with Crippen molar-refractivity contribution in [2.75, 3.05) is 6.54 Å². The van der Waals surface area contributed by atoms with Crippen LogP contribution in [0, 0.1) is 0 Å². The van der Waals surface area contributed by atoms with E-state index in [0.717, 1.165) is 78.8 Å². The maximum absolute atomic E-state index is 4.99. The summed E-state index contributed by atoms with van der Waals surface area (Å²) in [5, 5.41) is 3.45. The summed E-state index contributed by atoms with van der Waals surface area (Å²) in [5.74, 6) is 0. The molecule has 0 amide bonds. The fraction of sp³-hybridized carbons (Fsp3) is 0.0278. The van der Waals surface area contributed by atoms with E-state index in [1.54, 1.807) is 18.6 Å². The summed E-state index contributed by atoms with van der Waals surface area (Å²) in [7, 11) is 0. The van der Waals surface area contributed by atoms with E-state index in [2.05, 4.69) is 96.9 Å². The van der Waals surface area contributed by atoms with E-state index in [9.17, 15) is 0 Å². The zero-order valence-corrected chi connectivity index (χ0v) is 24.6. The van der Waals surface area contributed by atoms with Gasteiger partial charge < -0.3 is 5.32 Å². The second-order valence-electron chi connectivity index (χ2n) is 10.0. The molecule has 1 aromatic carbocycles. The predicted octanol–water partition coefficient (Wildman–Crippen LogP) is 8.26. The first-order valence-corrected chi connectivity index (χ1v) is 14.7. The monoisotopic (exact) mass is 620 g/mol. The highest BCUT2D eigenvalue weighted by atomic mass is 79.9. The van der Waals surface area contributed by atoms with Crippen LogP contribution >= 0.6 is 15.9 Å². The van der Waals surface area contributed by atoms with Crippen LogP contribution in [0.1, 0.15) is 5.69 Å². The Labute approximate surface area is 258 Å². The van der Waals surface area contributed by atoms with E-state index < -0.39 is 0 Å². The highest BCUT2D eigenvalue weighted by Crippen LogP contribution is 2.35. The molecular weight excluding hydrogens is 596 g/mol. The number of rotatable bonds is 6. The van der Waals surface area contributed by atoms with Gasteiger partial charge in [-0.1, -0.05) is 46.3 Å². The maximum atomic E-state index is 4.99. The quantitative estimate of drug-likeness (QED) is 0.202. The lowest BCUT2D eigenvalue weighted by Gasteiger charge is -2.15. The lowest BCUT2D eigenvalue weighted by atomic mass is 9.96. The van der Waals surface area contributed by atoms with E-state index in [4.69, 9.17) is 9.97 Å². The fourth-order valence-electron chi connectivity index (χ4n) is 5.03. The minimum Gasteiger partial charge on any atom is -0.380 e. The highest BCUT2D eigenvalue weighted by molar-refractivity contribution is 9.10. The van der Waals surface area contributed by atoms with E-state index in [0.29, 0.717) is 0 Å². The fourth-order valence-corrected chi connectivity index (χ4v) is 5.52. The maximum Gasteiger partial charge on any atom is 0.0900 e. The van der Waals surface area contributed by atoms with Crippen molar-refractivity contribution in [1.29, 1.82) is 0 Å². The van der Waals surface area contributed by atoms with Crippen molar-refractivity contribution in [2.45, 2.75) is 0 Å². The van der Waals surface area contributed by atoms with Crippen LogP contribution in [-0.2, 0) is 0 Å². The van der Waals surface area contributed by atoms with Gasteiger partial charge >= 0.3 is 0 Å². The Kier molecular flexibility index (Phi) is 7.38. The van der Waals surface area contributed by atoms with E-state index in [-0.39, 0.29) is 0 Å². The molecular formula is C36H25BrN6. The largest absolute Gasteiger partial charge is 0.380 e. The van der Waals surface area contributed by atoms with Crippen molar-refractivity contribution < 1.29 is 0 Å². The molecule has 1 N–H and O–H groups in total. The van der Waals surface area contributed by atoms with Crippen LogP contribution in [0.25, 0.3) is 62.1 Å². The number of hydrogen-bond donors (Lipinski definition) is 1. The summed E-state index contributed by atoms with van der Waals surface area (Å²) in [5.41, 5.74) is 10.8. The van der Waals surface area contributed by atoms with Gasteiger partial charge in [0.15, 0.2) is 0 Å². The smallest absolute Gasteiger partial charge is 0.0900 e. The zero-order valence-electron chi connectivity index (χ0n) is 23.0. The molecule has 0 bridgehead atoms. The van der Waals surface area contributed by atoms with Crippen molar-refractivity contribution in [2.24, 2.45) is 0 Å². The van der Waals surface area contributed by atoms with E-state index in [1.165, 1.54) is 0 Å². The van der Waals surface area contributed by atoms with Crippen LogP contribution in [0.4, 0.5) is 0 Å². The van der Waals surface area contributed by atoms with Gasteiger partial charge in [-0.2, -0.15) is 0 Å². The Morgan fingerprint density at radius 2 is 0.977 bits per heavy atom. The second-order valence-corrected chi connectivity index (χ2v) is 10.9. The lowest BCUT2D eigenvalue weighted by Crippen LogP contribution is -2.15. The van der Waals surface area contributed by atoms with Gasteiger partial charge in [0, 0.05) is 29.6 Å². The molecule has 0 saturated heterocycles.